The minimum Gasteiger partial charge on any atom is -0.478 e. The Morgan fingerprint density at radius 2 is 2.16 bits per heavy atom. The molecule has 19 heavy (non-hydrogen) atoms. The lowest BCUT2D eigenvalue weighted by atomic mass is 10.2. The van der Waals surface area contributed by atoms with Crippen LogP contribution in [-0.2, 0) is 10.0 Å². The summed E-state index contributed by atoms with van der Waals surface area (Å²) in [6, 6.07) is 2.72. The summed E-state index contributed by atoms with van der Waals surface area (Å²) in [7, 11) is -3.76. The summed E-state index contributed by atoms with van der Waals surface area (Å²) >= 11 is 0. The number of benzene rings is 1. The zero-order valence-corrected chi connectivity index (χ0v) is 11.2. The molecule has 1 heterocycles. The number of sulfonamides is 1. The quantitative estimate of drug-likeness (QED) is 0.918. The molecule has 0 radical (unpaired) electrons. The molecular weight excluding hydrogens is 273 g/mol. The number of aromatic carboxylic acids is 1. The second kappa shape index (κ2) is 4.90. The van der Waals surface area contributed by atoms with Crippen LogP contribution in [0.25, 0.3) is 0 Å². The maximum Gasteiger partial charge on any atom is 0.338 e. The van der Waals surface area contributed by atoms with Gasteiger partial charge in [0.15, 0.2) is 0 Å². The summed E-state index contributed by atoms with van der Waals surface area (Å²) in [5, 5.41) is 8.82. The van der Waals surface area contributed by atoms with Crippen LogP contribution in [0.3, 0.4) is 0 Å². The summed E-state index contributed by atoms with van der Waals surface area (Å²) in [5.41, 5.74) is -0.632. The van der Waals surface area contributed by atoms with Crippen molar-refractivity contribution in [3.63, 3.8) is 0 Å². The third-order valence-electron chi connectivity index (χ3n) is 3.27. The Labute approximate surface area is 110 Å². The number of halogens is 1. The average Bonchev–Trinajstić information content (AvgIpc) is 2.76. The average molecular weight is 287 g/mol. The molecule has 1 unspecified atom stereocenters. The molecule has 0 aliphatic carbocycles. The van der Waals surface area contributed by atoms with E-state index in [4.69, 9.17) is 5.11 Å². The molecule has 1 fully saturated rings. The number of hydrogen-bond donors (Lipinski definition) is 1. The van der Waals surface area contributed by atoms with Gasteiger partial charge >= 0.3 is 5.97 Å². The lowest BCUT2D eigenvalue weighted by Crippen LogP contribution is -2.33. The van der Waals surface area contributed by atoms with Crippen LogP contribution in [0.4, 0.5) is 4.39 Å². The number of rotatable bonds is 3. The number of carboxylic acid groups (broad SMARTS) is 1. The fourth-order valence-corrected chi connectivity index (χ4v) is 3.95. The molecule has 1 atom stereocenters. The van der Waals surface area contributed by atoms with Gasteiger partial charge in [-0.15, -0.1) is 0 Å². The Kier molecular flexibility index (Phi) is 3.60. The van der Waals surface area contributed by atoms with E-state index in [1.807, 2.05) is 0 Å². The molecule has 1 aromatic rings. The maximum absolute atomic E-state index is 13.3. The van der Waals surface area contributed by atoms with Gasteiger partial charge in [-0.25, -0.2) is 17.6 Å². The monoisotopic (exact) mass is 287 g/mol. The summed E-state index contributed by atoms with van der Waals surface area (Å²) in [6.45, 7) is 2.20. The molecule has 5 nitrogen and oxygen atoms in total. The molecule has 1 N–H and O–H groups in total. The van der Waals surface area contributed by atoms with Crippen molar-refractivity contribution in [2.75, 3.05) is 6.54 Å². The molecular formula is C12H14FNO4S. The van der Waals surface area contributed by atoms with Gasteiger partial charge in [-0.3, -0.25) is 0 Å². The van der Waals surface area contributed by atoms with Gasteiger partial charge in [0, 0.05) is 12.6 Å². The van der Waals surface area contributed by atoms with Gasteiger partial charge < -0.3 is 5.11 Å². The second-order valence-electron chi connectivity index (χ2n) is 4.55. The minimum atomic E-state index is -3.76. The number of hydrogen-bond acceptors (Lipinski definition) is 3. The normalized spacial score (nSPS) is 20.6. The Morgan fingerprint density at radius 1 is 1.47 bits per heavy atom. The van der Waals surface area contributed by atoms with Crippen LogP contribution in [0.5, 0.6) is 0 Å². The molecule has 1 aliphatic heterocycles. The fraction of sp³-hybridized carbons (Fsp3) is 0.417. The maximum atomic E-state index is 13.3. The lowest BCUT2D eigenvalue weighted by molar-refractivity contribution is 0.0691. The van der Waals surface area contributed by atoms with Gasteiger partial charge in [-0.05, 0) is 38.0 Å². The Balaban J connectivity index is 2.46. The first kappa shape index (κ1) is 14.0. The van der Waals surface area contributed by atoms with Crippen molar-refractivity contribution in [1.82, 2.24) is 4.31 Å². The van der Waals surface area contributed by atoms with Crippen molar-refractivity contribution in [3.05, 3.63) is 29.6 Å². The zero-order valence-electron chi connectivity index (χ0n) is 10.3. The van der Waals surface area contributed by atoms with E-state index in [2.05, 4.69) is 0 Å². The predicted octanol–water partition coefficient (Wildman–Crippen LogP) is 1.70. The molecule has 0 saturated carbocycles. The highest BCUT2D eigenvalue weighted by atomic mass is 32.2. The smallest absolute Gasteiger partial charge is 0.338 e. The zero-order chi connectivity index (χ0) is 14.2. The van der Waals surface area contributed by atoms with Crippen LogP contribution in [0.1, 0.15) is 30.1 Å². The second-order valence-corrected chi connectivity index (χ2v) is 6.44. The third-order valence-corrected chi connectivity index (χ3v) is 5.28. The van der Waals surface area contributed by atoms with Gasteiger partial charge in [-0.2, -0.15) is 4.31 Å². The van der Waals surface area contributed by atoms with E-state index < -0.39 is 27.4 Å². The number of carbonyl (C=O) groups is 1. The summed E-state index contributed by atoms with van der Waals surface area (Å²) in [5.74, 6) is -2.43. The first-order valence-corrected chi connectivity index (χ1v) is 7.32. The van der Waals surface area contributed by atoms with E-state index in [1.54, 1.807) is 6.92 Å². The highest BCUT2D eigenvalue weighted by Crippen LogP contribution is 2.26. The van der Waals surface area contributed by atoms with Crippen molar-refractivity contribution < 1.29 is 22.7 Å². The molecule has 0 spiro atoms. The van der Waals surface area contributed by atoms with Crippen molar-refractivity contribution in [1.29, 1.82) is 0 Å². The molecule has 1 aliphatic rings. The molecule has 104 valence electrons. The highest BCUT2D eigenvalue weighted by Gasteiger charge is 2.33. The molecule has 0 bridgehead atoms. The van der Waals surface area contributed by atoms with E-state index in [-0.39, 0.29) is 10.9 Å². The van der Waals surface area contributed by atoms with Crippen LogP contribution in [0.2, 0.25) is 0 Å². The van der Waals surface area contributed by atoms with E-state index in [0.29, 0.717) is 6.54 Å². The molecule has 1 saturated heterocycles. The van der Waals surface area contributed by atoms with Crippen LogP contribution >= 0.6 is 0 Å². The van der Waals surface area contributed by atoms with E-state index in [0.717, 1.165) is 31.0 Å². The lowest BCUT2D eigenvalue weighted by Gasteiger charge is -2.21. The van der Waals surface area contributed by atoms with Crippen LogP contribution in [-0.4, -0.2) is 36.4 Å². The molecule has 0 amide bonds. The Morgan fingerprint density at radius 3 is 2.68 bits per heavy atom. The van der Waals surface area contributed by atoms with Gasteiger partial charge in [0.05, 0.1) is 10.5 Å². The summed E-state index contributed by atoms with van der Waals surface area (Å²) in [6.07, 6.45) is 1.54. The van der Waals surface area contributed by atoms with Crippen molar-refractivity contribution in [2.24, 2.45) is 0 Å². The SMILES string of the molecule is CC1CCCN1S(=O)(=O)c1ccc(F)c(C(=O)O)c1. The Bertz CT molecular complexity index is 614. The molecule has 2 rings (SSSR count). The minimum absolute atomic E-state index is 0.122. The van der Waals surface area contributed by atoms with Crippen molar-refractivity contribution in [2.45, 2.75) is 30.7 Å². The molecule has 0 aromatic heterocycles. The summed E-state index contributed by atoms with van der Waals surface area (Å²) in [4.78, 5) is 10.7. The van der Waals surface area contributed by atoms with Gasteiger partial charge in [-0.1, -0.05) is 0 Å². The van der Waals surface area contributed by atoms with E-state index in [1.165, 1.54) is 4.31 Å². The number of nitrogens with zero attached hydrogens (tertiary/aromatic N) is 1. The van der Waals surface area contributed by atoms with Gasteiger partial charge in [0.2, 0.25) is 10.0 Å². The molecule has 1 aromatic carbocycles. The van der Waals surface area contributed by atoms with Crippen molar-refractivity contribution >= 4 is 16.0 Å². The number of carboxylic acids is 1. The highest BCUT2D eigenvalue weighted by molar-refractivity contribution is 7.89. The van der Waals surface area contributed by atoms with Gasteiger partial charge in [0.1, 0.15) is 5.82 Å². The van der Waals surface area contributed by atoms with Crippen LogP contribution in [0.15, 0.2) is 23.1 Å². The van der Waals surface area contributed by atoms with Gasteiger partial charge in [0.25, 0.3) is 0 Å². The third kappa shape index (κ3) is 2.48. The summed E-state index contributed by atoms with van der Waals surface area (Å²) < 4.78 is 39.3. The fourth-order valence-electron chi connectivity index (χ4n) is 2.23. The van der Waals surface area contributed by atoms with Crippen LogP contribution < -0.4 is 0 Å². The largest absolute Gasteiger partial charge is 0.478 e. The first-order chi connectivity index (χ1) is 8.84. The molecule has 7 heteroatoms. The predicted molar refractivity (Wildman–Crippen MR) is 65.9 cm³/mol. The Hall–Kier alpha value is -1.47. The van der Waals surface area contributed by atoms with Crippen molar-refractivity contribution in [3.8, 4) is 0 Å². The first-order valence-electron chi connectivity index (χ1n) is 5.88. The topological polar surface area (TPSA) is 74.7 Å². The van der Waals surface area contributed by atoms with E-state index >= 15 is 0 Å². The standard InChI is InChI=1S/C12H14FNO4S/c1-8-3-2-6-14(8)19(17,18)9-4-5-11(13)10(7-9)12(15)16/h4-5,7-8H,2-3,6H2,1H3,(H,15,16). The van der Waals surface area contributed by atoms with Crippen LogP contribution in [0, 0.1) is 5.82 Å². The van der Waals surface area contributed by atoms with E-state index in [9.17, 15) is 17.6 Å².